The molecule has 0 fully saturated rings. The molecule has 2 nitrogen and oxygen atoms in total. The quantitative estimate of drug-likeness (QED) is 0.757. The Bertz CT molecular complexity index is 660. The molecule has 0 radical (unpaired) electrons. The van der Waals surface area contributed by atoms with Gasteiger partial charge in [-0.15, -0.1) is 0 Å². The third-order valence-corrected chi connectivity index (χ3v) is 4.02. The summed E-state index contributed by atoms with van der Waals surface area (Å²) in [5, 5.41) is 9.78. The van der Waals surface area contributed by atoms with Crippen molar-refractivity contribution in [3.05, 3.63) is 70.3 Å². The molecule has 96 valence electrons. The number of hydroxylamine groups is 1. The number of fused-ring (bicyclic) bond motifs is 2. The number of nitrogens with one attached hydrogen (secondary N) is 1. The molecule has 0 spiro atoms. The predicted molar refractivity (Wildman–Crippen MR) is 77.9 cm³/mol. The van der Waals surface area contributed by atoms with Gasteiger partial charge in [-0.3, -0.25) is 0 Å². The summed E-state index contributed by atoms with van der Waals surface area (Å²) in [5.41, 5.74) is 7.61. The third-order valence-electron chi connectivity index (χ3n) is 4.02. The lowest BCUT2D eigenvalue weighted by atomic mass is 9.81. The first kappa shape index (κ1) is 12.2. The zero-order valence-corrected chi connectivity index (χ0v) is 11.1. The van der Waals surface area contributed by atoms with E-state index < -0.39 is 5.54 Å². The lowest BCUT2D eigenvalue weighted by molar-refractivity contribution is 0.0921. The van der Waals surface area contributed by atoms with Crippen molar-refractivity contribution in [1.82, 2.24) is 5.48 Å². The van der Waals surface area contributed by atoms with Crippen LogP contribution in [0, 0.1) is 6.92 Å². The summed E-state index contributed by atoms with van der Waals surface area (Å²) < 4.78 is 0. The molecule has 0 amide bonds. The van der Waals surface area contributed by atoms with Crippen molar-refractivity contribution < 1.29 is 5.21 Å². The van der Waals surface area contributed by atoms with Crippen molar-refractivity contribution >= 4 is 12.2 Å². The first-order valence-electron chi connectivity index (χ1n) is 6.46. The predicted octanol–water partition coefficient (Wildman–Crippen LogP) is 3.72. The number of rotatable bonds is 1. The van der Waals surface area contributed by atoms with Gasteiger partial charge in [0.05, 0.1) is 5.54 Å². The van der Waals surface area contributed by atoms with Gasteiger partial charge in [0.15, 0.2) is 0 Å². The van der Waals surface area contributed by atoms with Crippen LogP contribution in [-0.4, -0.2) is 5.21 Å². The molecule has 3 rings (SSSR count). The van der Waals surface area contributed by atoms with Gasteiger partial charge in [0, 0.05) is 0 Å². The van der Waals surface area contributed by atoms with Crippen LogP contribution in [0.4, 0.5) is 0 Å². The van der Waals surface area contributed by atoms with Crippen LogP contribution in [-0.2, 0) is 5.54 Å². The molecule has 0 bridgehead atoms. The van der Waals surface area contributed by atoms with E-state index in [0.717, 1.165) is 16.7 Å². The van der Waals surface area contributed by atoms with Gasteiger partial charge < -0.3 is 5.21 Å². The first-order valence-corrected chi connectivity index (χ1v) is 6.46. The van der Waals surface area contributed by atoms with Crippen molar-refractivity contribution in [3.8, 4) is 0 Å². The molecule has 0 saturated heterocycles. The molecule has 0 aliphatic heterocycles. The average molecular weight is 251 g/mol. The van der Waals surface area contributed by atoms with Crippen molar-refractivity contribution in [1.29, 1.82) is 0 Å². The van der Waals surface area contributed by atoms with Crippen molar-refractivity contribution in [2.24, 2.45) is 0 Å². The van der Waals surface area contributed by atoms with Crippen LogP contribution in [0.1, 0.15) is 34.7 Å². The van der Waals surface area contributed by atoms with Crippen LogP contribution in [0.25, 0.3) is 12.2 Å². The third kappa shape index (κ3) is 1.72. The Morgan fingerprint density at radius 3 is 2.47 bits per heavy atom. The Kier molecular flexibility index (Phi) is 2.77. The van der Waals surface area contributed by atoms with Gasteiger partial charge in [0.25, 0.3) is 0 Å². The summed E-state index contributed by atoms with van der Waals surface area (Å²) in [6, 6.07) is 14.3. The number of benzene rings is 2. The zero-order chi connectivity index (χ0) is 13.5. The van der Waals surface area contributed by atoms with E-state index in [2.05, 4.69) is 48.8 Å². The molecular weight excluding hydrogens is 234 g/mol. The van der Waals surface area contributed by atoms with E-state index in [-0.39, 0.29) is 0 Å². The van der Waals surface area contributed by atoms with Crippen LogP contribution in [0.3, 0.4) is 0 Å². The number of hydrogen-bond donors (Lipinski definition) is 2. The summed E-state index contributed by atoms with van der Waals surface area (Å²) in [7, 11) is 0. The topological polar surface area (TPSA) is 32.3 Å². The fourth-order valence-electron chi connectivity index (χ4n) is 2.87. The minimum Gasteiger partial charge on any atom is -0.316 e. The van der Waals surface area contributed by atoms with E-state index in [9.17, 15) is 5.21 Å². The maximum atomic E-state index is 9.78. The zero-order valence-electron chi connectivity index (χ0n) is 11.1. The molecule has 1 aliphatic carbocycles. The minimum absolute atomic E-state index is 0.596. The van der Waals surface area contributed by atoms with E-state index in [1.807, 2.05) is 25.1 Å². The Labute approximate surface area is 113 Å². The summed E-state index contributed by atoms with van der Waals surface area (Å²) in [5.74, 6) is 0. The molecule has 0 aromatic heterocycles. The fourth-order valence-corrected chi connectivity index (χ4v) is 2.87. The Morgan fingerprint density at radius 2 is 1.68 bits per heavy atom. The van der Waals surface area contributed by atoms with Gasteiger partial charge in [-0.05, 0) is 41.7 Å². The maximum Gasteiger partial charge on any atom is 0.0911 e. The van der Waals surface area contributed by atoms with Crippen molar-refractivity contribution in [2.75, 3.05) is 0 Å². The smallest absolute Gasteiger partial charge is 0.0911 e. The summed E-state index contributed by atoms with van der Waals surface area (Å²) in [4.78, 5) is 0. The first-order chi connectivity index (χ1) is 9.16. The van der Waals surface area contributed by atoms with Crippen molar-refractivity contribution in [3.63, 3.8) is 0 Å². The summed E-state index contributed by atoms with van der Waals surface area (Å²) >= 11 is 0. The monoisotopic (exact) mass is 251 g/mol. The second-order valence-corrected chi connectivity index (χ2v) is 5.19. The average Bonchev–Trinajstić information content (AvgIpc) is 2.57. The van der Waals surface area contributed by atoms with Crippen LogP contribution in [0.2, 0.25) is 0 Å². The van der Waals surface area contributed by atoms with Gasteiger partial charge in [0.2, 0.25) is 0 Å². The second kappa shape index (κ2) is 4.34. The van der Waals surface area contributed by atoms with E-state index in [0.29, 0.717) is 0 Å². The van der Waals surface area contributed by atoms with Crippen LogP contribution >= 0.6 is 0 Å². The highest BCUT2D eigenvalue weighted by Gasteiger charge is 2.33. The highest BCUT2D eigenvalue weighted by atomic mass is 16.5. The SMILES string of the molecule is Cc1cccc2c1C=Cc1ccccc1C2(C)NO. The minimum atomic E-state index is -0.596. The van der Waals surface area contributed by atoms with Crippen LogP contribution in [0.5, 0.6) is 0 Å². The molecule has 2 aromatic carbocycles. The molecule has 2 aromatic rings. The largest absolute Gasteiger partial charge is 0.316 e. The Balaban J connectivity index is 2.38. The molecule has 2 heteroatoms. The van der Waals surface area contributed by atoms with Crippen LogP contribution < -0.4 is 5.48 Å². The summed E-state index contributed by atoms with van der Waals surface area (Å²) in [6.45, 7) is 4.11. The van der Waals surface area contributed by atoms with Gasteiger partial charge >= 0.3 is 0 Å². The second-order valence-electron chi connectivity index (χ2n) is 5.19. The van der Waals surface area contributed by atoms with Crippen LogP contribution in [0.15, 0.2) is 42.5 Å². The maximum absolute atomic E-state index is 9.78. The van der Waals surface area contributed by atoms with Gasteiger partial charge in [-0.1, -0.05) is 54.6 Å². The normalized spacial score (nSPS) is 20.6. The number of aryl methyl sites for hydroxylation is 1. The van der Waals surface area contributed by atoms with Gasteiger partial charge in [-0.25, -0.2) is 0 Å². The fraction of sp³-hybridized carbons (Fsp3) is 0.176. The Hall–Kier alpha value is -1.90. The lowest BCUT2D eigenvalue weighted by Gasteiger charge is -2.31. The molecule has 0 heterocycles. The van der Waals surface area contributed by atoms with E-state index in [1.165, 1.54) is 11.1 Å². The molecule has 2 N–H and O–H groups in total. The summed E-state index contributed by atoms with van der Waals surface area (Å²) in [6.07, 6.45) is 4.25. The molecule has 0 saturated carbocycles. The highest BCUT2D eigenvalue weighted by molar-refractivity contribution is 5.78. The van der Waals surface area contributed by atoms with E-state index in [1.54, 1.807) is 0 Å². The molecule has 1 atom stereocenters. The number of hydrogen-bond acceptors (Lipinski definition) is 2. The molecule has 19 heavy (non-hydrogen) atoms. The van der Waals surface area contributed by atoms with E-state index in [4.69, 9.17) is 0 Å². The molecular formula is C17H17NO. The lowest BCUT2D eigenvalue weighted by Crippen LogP contribution is -2.39. The van der Waals surface area contributed by atoms with E-state index >= 15 is 0 Å². The highest BCUT2D eigenvalue weighted by Crippen LogP contribution is 2.38. The van der Waals surface area contributed by atoms with Gasteiger partial charge in [0.1, 0.15) is 0 Å². The van der Waals surface area contributed by atoms with Gasteiger partial charge in [-0.2, -0.15) is 5.48 Å². The van der Waals surface area contributed by atoms with Crippen molar-refractivity contribution in [2.45, 2.75) is 19.4 Å². The molecule has 1 unspecified atom stereocenters. The molecule has 1 aliphatic rings. The standard InChI is InChI=1S/C17H17NO/c1-12-6-5-9-16-14(12)11-10-13-7-3-4-8-15(13)17(16,2)18-19/h3-11,18-19H,1-2H3. The Morgan fingerprint density at radius 1 is 0.947 bits per heavy atom.